The number of methoxy groups -OCH3 is 1. The van der Waals surface area contributed by atoms with E-state index in [1.807, 2.05) is 0 Å². The van der Waals surface area contributed by atoms with E-state index in [2.05, 4.69) is 177 Å². The largest absolute Gasteiger partial charge is 0.496 e. The lowest BCUT2D eigenvalue weighted by Crippen LogP contribution is -2.11. The van der Waals surface area contributed by atoms with Crippen molar-refractivity contribution < 1.29 is 4.74 Å². The third-order valence-corrected chi connectivity index (χ3v) is 8.24. The summed E-state index contributed by atoms with van der Waals surface area (Å²) in [5, 5.41) is 0. The number of anilines is 6. The van der Waals surface area contributed by atoms with Crippen LogP contribution in [0.3, 0.4) is 0 Å². The quantitative estimate of drug-likeness (QED) is 0.167. The van der Waals surface area contributed by atoms with Crippen molar-refractivity contribution in [3.05, 3.63) is 162 Å². The van der Waals surface area contributed by atoms with E-state index in [1.54, 1.807) is 7.11 Å². The van der Waals surface area contributed by atoms with Gasteiger partial charge in [-0.25, -0.2) is 0 Å². The predicted octanol–water partition coefficient (Wildman–Crippen LogP) is 11.8. The summed E-state index contributed by atoms with van der Waals surface area (Å²) >= 11 is 0. The number of benzene rings is 6. The average molecular weight is 589 g/mol. The van der Waals surface area contributed by atoms with E-state index in [1.165, 1.54) is 22.3 Å². The second-order valence-electron chi connectivity index (χ2n) is 11.6. The molecule has 0 fully saturated rings. The van der Waals surface area contributed by atoms with Gasteiger partial charge in [0.15, 0.2) is 0 Å². The van der Waals surface area contributed by atoms with Crippen LogP contribution in [0.15, 0.2) is 140 Å². The maximum Gasteiger partial charge on any atom is 0.128 e. The van der Waals surface area contributed by atoms with Gasteiger partial charge in [-0.3, -0.25) is 0 Å². The summed E-state index contributed by atoms with van der Waals surface area (Å²) in [5.74, 6) is 0.830. The minimum atomic E-state index is 0.830. The van der Waals surface area contributed by atoms with Gasteiger partial charge in [0.25, 0.3) is 0 Å². The van der Waals surface area contributed by atoms with Crippen LogP contribution >= 0.6 is 0 Å². The van der Waals surface area contributed by atoms with Crippen LogP contribution in [0, 0.1) is 20.8 Å². The summed E-state index contributed by atoms with van der Waals surface area (Å²) in [7, 11) is 1.75. The number of hydrogen-bond donors (Lipinski definition) is 0. The normalized spacial score (nSPS) is 10.9. The van der Waals surface area contributed by atoms with Crippen molar-refractivity contribution in [1.29, 1.82) is 0 Å². The van der Waals surface area contributed by atoms with Crippen molar-refractivity contribution in [1.82, 2.24) is 0 Å². The highest BCUT2D eigenvalue weighted by Gasteiger charge is 2.17. The molecule has 0 aromatic heterocycles. The van der Waals surface area contributed by atoms with Gasteiger partial charge in [0.2, 0.25) is 0 Å². The molecule has 0 atom stereocenters. The van der Waals surface area contributed by atoms with E-state index in [-0.39, 0.29) is 0 Å². The molecule has 0 saturated heterocycles. The van der Waals surface area contributed by atoms with Gasteiger partial charge >= 0.3 is 0 Å². The molecule has 0 amide bonds. The highest BCUT2D eigenvalue weighted by Crippen LogP contribution is 2.42. The van der Waals surface area contributed by atoms with Crippen LogP contribution in [0.1, 0.15) is 29.2 Å². The van der Waals surface area contributed by atoms with Crippen LogP contribution in [-0.4, -0.2) is 7.11 Å². The van der Waals surface area contributed by atoms with Crippen LogP contribution < -0.4 is 14.5 Å². The first kappa shape index (κ1) is 29.8. The first-order chi connectivity index (χ1) is 21.9. The third-order valence-electron chi connectivity index (χ3n) is 8.24. The number of aryl methyl sites for hydroxylation is 4. The van der Waals surface area contributed by atoms with Gasteiger partial charge in [0, 0.05) is 45.8 Å². The molecule has 0 aliphatic rings. The van der Waals surface area contributed by atoms with E-state index in [0.29, 0.717) is 0 Å². The number of rotatable bonds is 9. The Morgan fingerprint density at radius 1 is 0.467 bits per heavy atom. The fraction of sp³-hybridized carbons (Fsp3) is 0.143. The molecule has 0 heterocycles. The highest BCUT2D eigenvalue weighted by molar-refractivity contribution is 5.83. The fourth-order valence-corrected chi connectivity index (χ4v) is 5.96. The zero-order valence-corrected chi connectivity index (χ0v) is 26.8. The third kappa shape index (κ3) is 6.49. The second kappa shape index (κ2) is 13.2. The van der Waals surface area contributed by atoms with Crippen molar-refractivity contribution in [2.45, 2.75) is 34.1 Å². The molecule has 3 heteroatoms. The van der Waals surface area contributed by atoms with Gasteiger partial charge in [-0.15, -0.1) is 0 Å². The van der Waals surface area contributed by atoms with Crippen molar-refractivity contribution in [3.63, 3.8) is 0 Å². The molecular formula is C42H40N2O. The number of ether oxygens (including phenoxy) is 1. The molecule has 0 N–H and O–H groups in total. The Kier molecular flexibility index (Phi) is 8.70. The van der Waals surface area contributed by atoms with Gasteiger partial charge < -0.3 is 14.5 Å². The van der Waals surface area contributed by atoms with Gasteiger partial charge in [0.05, 0.1) is 7.11 Å². The van der Waals surface area contributed by atoms with Gasteiger partial charge in [0.1, 0.15) is 5.75 Å². The maximum atomic E-state index is 6.03. The van der Waals surface area contributed by atoms with Crippen LogP contribution in [0.4, 0.5) is 34.1 Å². The predicted molar refractivity (Wildman–Crippen MR) is 191 cm³/mol. The van der Waals surface area contributed by atoms with Gasteiger partial charge in [-0.1, -0.05) is 67.6 Å². The summed E-state index contributed by atoms with van der Waals surface area (Å²) in [6.45, 7) is 8.60. The molecule has 0 radical (unpaired) electrons. The molecule has 0 spiro atoms. The molecule has 224 valence electrons. The Balaban J connectivity index is 1.39. The summed E-state index contributed by atoms with van der Waals surface area (Å²) in [6.07, 6.45) is 0.995. The van der Waals surface area contributed by atoms with Crippen molar-refractivity contribution in [2.75, 3.05) is 16.9 Å². The summed E-state index contributed by atoms with van der Waals surface area (Å²) < 4.78 is 6.03. The summed E-state index contributed by atoms with van der Waals surface area (Å²) in [6, 6.07) is 50.0. The number of hydrogen-bond acceptors (Lipinski definition) is 3. The molecular weight excluding hydrogens is 548 g/mol. The fourth-order valence-electron chi connectivity index (χ4n) is 5.96. The molecule has 0 bridgehead atoms. The molecule has 6 aromatic carbocycles. The van der Waals surface area contributed by atoms with Crippen molar-refractivity contribution in [2.24, 2.45) is 0 Å². The average Bonchev–Trinajstić information content (AvgIpc) is 3.06. The lowest BCUT2D eigenvalue weighted by Gasteiger charge is -2.27. The Bertz CT molecular complexity index is 1880. The topological polar surface area (TPSA) is 15.7 Å². The first-order valence-corrected chi connectivity index (χ1v) is 15.6. The Hall–Kier alpha value is -5.28. The van der Waals surface area contributed by atoms with Gasteiger partial charge in [-0.05, 0) is 128 Å². The molecule has 0 unspecified atom stereocenters. The van der Waals surface area contributed by atoms with Crippen molar-refractivity contribution >= 4 is 34.1 Å². The number of nitrogens with zero attached hydrogens (tertiary/aromatic N) is 2. The summed E-state index contributed by atoms with van der Waals surface area (Å²) in [5.41, 5.74) is 13.8. The Morgan fingerprint density at radius 3 is 1.40 bits per heavy atom. The Morgan fingerprint density at radius 2 is 0.911 bits per heavy atom. The first-order valence-electron chi connectivity index (χ1n) is 15.6. The monoisotopic (exact) mass is 588 g/mol. The second-order valence-corrected chi connectivity index (χ2v) is 11.6. The van der Waals surface area contributed by atoms with Crippen LogP contribution in [0.25, 0.3) is 11.1 Å². The SMILES string of the molecule is CCc1cccc(N(c2ccc(-c3ccc(N(c4cccc(C)c4)c4cccc(C)c4)cc3OC)cc2)c2cccc(C)c2)c1. The summed E-state index contributed by atoms with van der Waals surface area (Å²) in [4.78, 5) is 4.62. The lowest BCUT2D eigenvalue weighted by atomic mass is 10.0. The smallest absolute Gasteiger partial charge is 0.128 e. The van der Waals surface area contributed by atoms with E-state index >= 15 is 0 Å². The van der Waals surface area contributed by atoms with E-state index in [9.17, 15) is 0 Å². The van der Waals surface area contributed by atoms with Crippen LogP contribution in [0.5, 0.6) is 5.75 Å². The minimum Gasteiger partial charge on any atom is -0.496 e. The molecule has 45 heavy (non-hydrogen) atoms. The van der Waals surface area contributed by atoms with E-state index in [0.717, 1.165) is 57.4 Å². The molecule has 6 rings (SSSR count). The highest BCUT2D eigenvalue weighted by atomic mass is 16.5. The molecule has 0 aliphatic heterocycles. The molecule has 0 aliphatic carbocycles. The van der Waals surface area contributed by atoms with E-state index in [4.69, 9.17) is 4.74 Å². The van der Waals surface area contributed by atoms with Gasteiger partial charge in [-0.2, -0.15) is 0 Å². The van der Waals surface area contributed by atoms with E-state index < -0.39 is 0 Å². The maximum absolute atomic E-state index is 6.03. The van der Waals surface area contributed by atoms with Crippen molar-refractivity contribution in [3.8, 4) is 16.9 Å². The Labute approximate surface area is 268 Å². The minimum absolute atomic E-state index is 0.830. The zero-order valence-electron chi connectivity index (χ0n) is 26.8. The van der Waals surface area contributed by atoms with Crippen LogP contribution in [0.2, 0.25) is 0 Å². The lowest BCUT2D eigenvalue weighted by molar-refractivity contribution is 0.416. The zero-order chi connectivity index (χ0) is 31.3. The molecule has 0 saturated carbocycles. The molecule has 3 nitrogen and oxygen atoms in total. The van der Waals surface area contributed by atoms with Crippen LogP contribution in [-0.2, 0) is 6.42 Å². The standard InChI is InChI=1S/C42H40N2O/c1-6-33-14-10-18-39(28-33)43(36-15-7-11-30(2)25-36)35-21-19-34(20-22-35)41-24-23-40(29-42(41)45-5)44(37-16-8-12-31(3)26-37)38-17-9-13-32(4)27-38/h7-29H,6H2,1-5H3. The molecule has 6 aromatic rings.